The Balaban J connectivity index is 1.84. The van der Waals surface area contributed by atoms with E-state index in [9.17, 15) is 0 Å². The summed E-state index contributed by atoms with van der Waals surface area (Å²) in [7, 11) is 0. The standard InChI is InChI=1S/C14H20I2O/c1-10(2)6-17-14-5-11-3-12(15,8-14)7-13(16,4-11)9-14/h11H,1,3-9H2,2H3. The molecule has 4 saturated carbocycles. The zero-order chi connectivity index (χ0) is 12.3. The summed E-state index contributed by atoms with van der Waals surface area (Å²) < 4.78 is 7.37. The van der Waals surface area contributed by atoms with Gasteiger partial charge < -0.3 is 4.74 Å². The second-order valence-corrected chi connectivity index (χ2v) is 11.3. The Morgan fingerprint density at radius 2 is 1.76 bits per heavy atom. The Bertz CT molecular complexity index is 347. The molecule has 2 unspecified atom stereocenters. The average molecular weight is 458 g/mol. The SMILES string of the molecule is C=C(C)COC12CC3CC(I)(CC(I)(C3)C1)C2. The zero-order valence-corrected chi connectivity index (χ0v) is 14.7. The zero-order valence-electron chi connectivity index (χ0n) is 10.4. The summed E-state index contributed by atoms with van der Waals surface area (Å²) in [5.74, 6) is 0.908. The van der Waals surface area contributed by atoms with E-state index in [1.54, 1.807) is 0 Å². The van der Waals surface area contributed by atoms with E-state index in [1.165, 1.54) is 38.5 Å². The van der Waals surface area contributed by atoms with Crippen LogP contribution in [0.1, 0.15) is 45.4 Å². The first-order valence-electron chi connectivity index (χ1n) is 6.48. The molecule has 1 nitrogen and oxygen atoms in total. The molecule has 2 atom stereocenters. The van der Waals surface area contributed by atoms with Gasteiger partial charge in [0.05, 0.1) is 12.2 Å². The molecule has 0 N–H and O–H groups in total. The summed E-state index contributed by atoms with van der Waals surface area (Å²) in [4.78, 5) is 0. The Labute approximate surface area is 131 Å². The van der Waals surface area contributed by atoms with Gasteiger partial charge in [-0.05, 0) is 51.4 Å². The van der Waals surface area contributed by atoms with Crippen molar-refractivity contribution >= 4 is 45.2 Å². The Kier molecular flexibility index (Phi) is 3.15. The molecule has 0 aromatic rings. The van der Waals surface area contributed by atoms with Gasteiger partial charge in [-0.1, -0.05) is 57.3 Å². The van der Waals surface area contributed by atoms with Crippen LogP contribution in [-0.2, 0) is 4.74 Å². The molecule has 0 amide bonds. The van der Waals surface area contributed by atoms with Crippen LogP contribution in [0.4, 0.5) is 0 Å². The van der Waals surface area contributed by atoms with E-state index in [1.807, 2.05) is 0 Å². The first-order valence-corrected chi connectivity index (χ1v) is 8.64. The summed E-state index contributed by atoms with van der Waals surface area (Å²) in [6.07, 6.45) is 8.10. The lowest BCUT2D eigenvalue weighted by molar-refractivity contribution is -0.134. The molecule has 4 bridgehead atoms. The Morgan fingerprint density at radius 3 is 2.24 bits per heavy atom. The van der Waals surface area contributed by atoms with Gasteiger partial charge in [0, 0.05) is 6.84 Å². The van der Waals surface area contributed by atoms with Crippen molar-refractivity contribution in [1.29, 1.82) is 0 Å². The normalized spacial score (nSPS) is 51.8. The molecule has 0 aromatic heterocycles. The van der Waals surface area contributed by atoms with Crippen LogP contribution in [0.25, 0.3) is 0 Å². The fraction of sp³-hybridized carbons (Fsp3) is 0.857. The molecular formula is C14H20I2O. The minimum absolute atomic E-state index is 0.181. The maximum atomic E-state index is 6.32. The van der Waals surface area contributed by atoms with Gasteiger partial charge in [-0.3, -0.25) is 0 Å². The lowest BCUT2D eigenvalue weighted by Gasteiger charge is -2.63. The van der Waals surface area contributed by atoms with Gasteiger partial charge in [0.25, 0.3) is 0 Å². The van der Waals surface area contributed by atoms with E-state index in [0.29, 0.717) is 6.84 Å². The predicted octanol–water partition coefficient (Wildman–Crippen LogP) is 4.66. The van der Waals surface area contributed by atoms with E-state index in [2.05, 4.69) is 58.7 Å². The number of hydrogen-bond donors (Lipinski definition) is 0. The van der Waals surface area contributed by atoms with Gasteiger partial charge in [-0.2, -0.15) is 0 Å². The number of halogens is 2. The van der Waals surface area contributed by atoms with E-state index >= 15 is 0 Å². The van der Waals surface area contributed by atoms with Crippen molar-refractivity contribution in [3.05, 3.63) is 12.2 Å². The molecule has 4 rings (SSSR count). The lowest BCUT2D eigenvalue weighted by atomic mass is 9.54. The molecule has 4 aliphatic carbocycles. The number of hydrogen-bond acceptors (Lipinski definition) is 1. The fourth-order valence-corrected chi connectivity index (χ4v) is 9.38. The van der Waals surface area contributed by atoms with Gasteiger partial charge in [0.1, 0.15) is 0 Å². The third kappa shape index (κ3) is 2.45. The highest BCUT2D eigenvalue weighted by Gasteiger charge is 2.62. The molecule has 3 heteroatoms. The molecular weight excluding hydrogens is 438 g/mol. The molecule has 4 aliphatic rings. The summed E-state index contributed by atoms with van der Waals surface area (Å²) in [6.45, 7) is 6.80. The van der Waals surface area contributed by atoms with Crippen LogP contribution in [0.3, 0.4) is 0 Å². The first kappa shape index (κ1) is 13.2. The number of alkyl halides is 2. The van der Waals surface area contributed by atoms with Gasteiger partial charge >= 0.3 is 0 Å². The highest BCUT2D eigenvalue weighted by atomic mass is 127. The smallest absolute Gasteiger partial charge is 0.0715 e. The highest BCUT2D eigenvalue weighted by Crippen LogP contribution is 2.66. The first-order chi connectivity index (χ1) is 7.82. The Hall–Kier alpha value is 1.16. The van der Waals surface area contributed by atoms with Crippen LogP contribution in [0.2, 0.25) is 0 Å². The molecule has 0 heterocycles. The minimum Gasteiger partial charge on any atom is -0.371 e. The van der Waals surface area contributed by atoms with Crippen LogP contribution in [0.15, 0.2) is 12.2 Å². The summed E-state index contributed by atoms with van der Waals surface area (Å²) in [6, 6.07) is 0. The van der Waals surface area contributed by atoms with Crippen molar-refractivity contribution < 1.29 is 4.74 Å². The fourth-order valence-electron chi connectivity index (χ4n) is 4.56. The van der Waals surface area contributed by atoms with Crippen molar-refractivity contribution in [3.8, 4) is 0 Å². The van der Waals surface area contributed by atoms with E-state index in [0.717, 1.165) is 18.1 Å². The Morgan fingerprint density at radius 1 is 1.18 bits per heavy atom. The van der Waals surface area contributed by atoms with Crippen LogP contribution in [-0.4, -0.2) is 19.1 Å². The highest BCUT2D eigenvalue weighted by molar-refractivity contribution is 14.1. The molecule has 0 aliphatic heterocycles. The van der Waals surface area contributed by atoms with E-state index in [-0.39, 0.29) is 5.60 Å². The van der Waals surface area contributed by atoms with Crippen LogP contribution in [0.5, 0.6) is 0 Å². The maximum Gasteiger partial charge on any atom is 0.0715 e. The molecule has 17 heavy (non-hydrogen) atoms. The van der Waals surface area contributed by atoms with Gasteiger partial charge in [-0.25, -0.2) is 0 Å². The van der Waals surface area contributed by atoms with Gasteiger partial charge in [0.15, 0.2) is 0 Å². The van der Waals surface area contributed by atoms with Crippen molar-refractivity contribution in [2.24, 2.45) is 5.92 Å². The quantitative estimate of drug-likeness (QED) is 0.340. The summed E-state index contributed by atoms with van der Waals surface area (Å²) in [5.41, 5.74) is 1.34. The van der Waals surface area contributed by atoms with Crippen molar-refractivity contribution in [2.45, 2.75) is 57.9 Å². The molecule has 96 valence electrons. The number of rotatable bonds is 3. The molecule has 0 saturated heterocycles. The topological polar surface area (TPSA) is 9.23 Å². The summed E-state index contributed by atoms with van der Waals surface area (Å²) in [5, 5.41) is 0. The third-order valence-corrected chi connectivity index (χ3v) is 6.91. The maximum absolute atomic E-state index is 6.32. The van der Waals surface area contributed by atoms with Crippen LogP contribution >= 0.6 is 45.2 Å². The van der Waals surface area contributed by atoms with Crippen LogP contribution < -0.4 is 0 Å². The molecule has 0 spiro atoms. The molecule has 4 fully saturated rings. The largest absolute Gasteiger partial charge is 0.371 e. The molecule has 0 radical (unpaired) electrons. The van der Waals surface area contributed by atoms with Crippen molar-refractivity contribution in [2.75, 3.05) is 6.61 Å². The molecule has 0 aromatic carbocycles. The summed E-state index contributed by atoms with van der Waals surface area (Å²) >= 11 is 5.47. The van der Waals surface area contributed by atoms with Crippen molar-refractivity contribution in [3.63, 3.8) is 0 Å². The monoisotopic (exact) mass is 458 g/mol. The van der Waals surface area contributed by atoms with Crippen LogP contribution in [0, 0.1) is 5.92 Å². The third-order valence-electron chi connectivity index (χ3n) is 4.51. The number of ether oxygens (including phenoxy) is 1. The predicted molar refractivity (Wildman–Crippen MR) is 88.2 cm³/mol. The second-order valence-electron chi connectivity index (χ2n) is 6.74. The average Bonchev–Trinajstić information content (AvgIpc) is 2.08. The van der Waals surface area contributed by atoms with Gasteiger partial charge in [-0.15, -0.1) is 0 Å². The minimum atomic E-state index is 0.181. The van der Waals surface area contributed by atoms with Crippen molar-refractivity contribution in [1.82, 2.24) is 0 Å². The van der Waals surface area contributed by atoms with E-state index in [4.69, 9.17) is 4.74 Å². The lowest BCUT2D eigenvalue weighted by Crippen LogP contribution is -2.62. The second kappa shape index (κ2) is 4.08. The van der Waals surface area contributed by atoms with E-state index < -0.39 is 0 Å². The van der Waals surface area contributed by atoms with Gasteiger partial charge in [0.2, 0.25) is 0 Å².